The van der Waals surface area contributed by atoms with Gasteiger partial charge in [0.1, 0.15) is 0 Å². The van der Waals surface area contributed by atoms with E-state index in [0.717, 1.165) is 12.1 Å². The van der Waals surface area contributed by atoms with Gasteiger partial charge < -0.3 is 15.2 Å². The van der Waals surface area contributed by atoms with E-state index in [0.29, 0.717) is 24.4 Å². The van der Waals surface area contributed by atoms with E-state index in [4.69, 9.17) is 4.74 Å². The number of aliphatic hydroxyl groups excluding tert-OH is 1. The lowest BCUT2D eigenvalue weighted by atomic mass is 10.1. The third kappa shape index (κ3) is 4.49. The Bertz CT molecular complexity index is 369. The number of aliphatic hydroxyl groups is 1. The fraction of sp³-hybridized carbons (Fsp3) is 0.692. The smallest absolute Gasteiger partial charge is 0.226 e. The summed E-state index contributed by atoms with van der Waals surface area (Å²) in [6.07, 6.45) is 0.942. The number of aromatic nitrogens is 2. The molecule has 1 atom stereocenters. The van der Waals surface area contributed by atoms with Gasteiger partial charge in [0.25, 0.3) is 0 Å². The summed E-state index contributed by atoms with van der Waals surface area (Å²) in [5.41, 5.74) is 0.846. The van der Waals surface area contributed by atoms with Gasteiger partial charge in [0.2, 0.25) is 11.8 Å². The van der Waals surface area contributed by atoms with Crippen LogP contribution in [-0.2, 0) is 0 Å². The van der Waals surface area contributed by atoms with Gasteiger partial charge in [-0.3, -0.25) is 0 Å². The number of rotatable bonds is 7. The molecule has 18 heavy (non-hydrogen) atoms. The second kappa shape index (κ2) is 7.16. The summed E-state index contributed by atoms with van der Waals surface area (Å²) in [6.45, 7) is 8.72. The summed E-state index contributed by atoms with van der Waals surface area (Å²) in [6, 6.07) is 1.76. The quantitative estimate of drug-likeness (QED) is 0.778. The molecular weight excluding hydrogens is 230 g/mol. The first-order valence-corrected chi connectivity index (χ1v) is 6.42. The molecule has 0 amide bonds. The van der Waals surface area contributed by atoms with Crippen molar-refractivity contribution in [3.8, 4) is 5.88 Å². The van der Waals surface area contributed by atoms with Gasteiger partial charge in [0, 0.05) is 11.8 Å². The summed E-state index contributed by atoms with van der Waals surface area (Å²) in [7, 11) is 0. The highest BCUT2D eigenvalue weighted by atomic mass is 16.5. The standard InChI is InChI=1S/C13H23N3O2/c1-5-6-18-12-7-10(4)14-13(16-12)15-11(8-17)9(2)3/h7,9,11,17H,5-6,8H2,1-4H3,(H,14,15,16)/t11-/m1/s1. The zero-order chi connectivity index (χ0) is 13.5. The van der Waals surface area contributed by atoms with Crippen molar-refractivity contribution in [1.82, 2.24) is 9.97 Å². The first kappa shape index (κ1) is 14.7. The van der Waals surface area contributed by atoms with Crippen molar-refractivity contribution in [3.05, 3.63) is 11.8 Å². The van der Waals surface area contributed by atoms with Gasteiger partial charge in [-0.05, 0) is 19.3 Å². The molecule has 0 aliphatic heterocycles. The second-order valence-corrected chi connectivity index (χ2v) is 4.70. The van der Waals surface area contributed by atoms with E-state index in [2.05, 4.69) is 15.3 Å². The zero-order valence-electron chi connectivity index (χ0n) is 11.6. The lowest BCUT2D eigenvalue weighted by Crippen LogP contribution is -2.30. The monoisotopic (exact) mass is 253 g/mol. The Kier molecular flexibility index (Phi) is 5.85. The molecule has 0 radical (unpaired) electrons. The maximum absolute atomic E-state index is 9.29. The number of nitrogens with one attached hydrogen (secondary N) is 1. The molecule has 0 saturated heterocycles. The maximum Gasteiger partial charge on any atom is 0.226 e. The highest BCUT2D eigenvalue weighted by Gasteiger charge is 2.14. The van der Waals surface area contributed by atoms with E-state index in [9.17, 15) is 5.11 Å². The van der Waals surface area contributed by atoms with E-state index < -0.39 is 0 Å². The number of hydrogen-bond acceptors (Lipinski definition) is 5. The molecular formula is C13H23N3O2. The predicted molar refractivity (Wildman–Crippen MR) is 71.9 cm³/mol. The Hall–Kier alpha value is -1.36. The molecule has 1 aromatic rings. The molecule has 0 spiro atoms. The van der Waals surface area contributed by atoms with Crippen LogP contribution in [0.2, 0.25) is 0 Å². The van der Waals surface area contributed by atoms with Crippen LogP contribution in [0.25, 0.3) is 0 Å². The maximum atomic E-state index is 9.29. The Labute approximate surface area is 109 Å². The van der Waals surface area contributed by atoms with Crippen LogP contribution in [0.5, 0.6) is 5.88 Å². The molecule has 102 valence electrons. The van der Waals surface area contributed by atoms with Gasteiger partial charge in [-0.2, -0.15) is 4.98 Å². The minimum absolute atomic E-state index is 0.0502. The average Bonchev–Trinajstić information content (AvgIpc) is 2.32. The van der Waals surface area contributed by atoms with Gasteiger partial charge in [-0.1, -0.05) is 20.8 Å². The lowest BCUT2D eigenvalue weighted by Gasteiger charge is -2.20. The Morgan fingerprint density at radius 1 is 1.39 bits per heavy atom. The molecule has 5 nitrogen and oxygen atoms in total. The van der Waals surface area contributed by atoms with Crippen LogP contribution in [0, 0.1) is 12.8 Å². The van der Waals surface area contributed by atoms with Crippen LogP contribution in [-0.4, -0.2) is 34.3 Å². The number of anilines is 1. The van der Waals surface area contributed by atoms with Crippen LogP contribution in [0.3, 0.4) is 0 Å². The van der Waals surface area contributed by atoms with E-state index in [-0.39, 0.29) is 12.6 Å². The Morgan fingerprint density at radius 2 is 2.11 bits per heavy atom. The van der Waals surface area contributed by atoms with Gasteiger partial charge in [-0.15, -0.1) is 0 Å². The van der Waals surface area contributed by atoms with Crippen molar-refractivity contribution in [3.63, 3.8) is 0 Å². The molecule has 0 bridgehead atoms. The lowest BCUT2D eigenvalue weighted by molar-refractivity contribution is 0.248. The molecule has 1 rings (SSSR count). The largest absolute Gasteiger partial charge is 0.478 e. The molecule has 0 aromatic carbocycles. The molecule has 0 saturated carbocycles. The molecule has 0 fully saturated rings. The van der Waals surface area contributed by atoms with E-state index in [1.54, 1.807) is 0 Å². The fourth-order valence-electron chi connectivity index (χ4n) is 1.47. The Balaban J connectivity index is 2.78. The first-order valence-electron chi connectivity index (χ1n) is 6.42. The summed E-state index contributed by atoms with van der Waals surface area (Å²) >= 11 is 0. The van der Waals surface area contributed by atoms with Crippen LogP contribution < -0.4 is 10.1 Å². The summed E-state index contributed by atoms with van der Waals surface area (Å²) in [5, 5.41) is 12.4. The number of ether oxygens (including phenoxy) is 1. The van der Waals surface area contributed by atoms with Crippen molar-refractivity contribution >= 4 is 5.95 Å². The van der Waals surface area contributed by atoms with Crippen molar-refractivity contribution in [2.45, 2.75) is 40.2 Å². The summed E-state index contributed by atoms with van der Waals surface area (Å²) < 4.78 is 5.50. The van der Waals surface area contributed by atoms with E-state index in [1.165, 1.54) is 0 Å². The third-order valence-corrected chi connectivity index (χ3v) is 2.60. The fourth-order valence-corrected chi connectivity index (χ4v) is 1.47. The average molecular weight is 253 g/mol. The number of hydrogen-bond donors (Lipinski definition) is 2. The second-order valence-electron chi connectivity index (χ2n) is 4.70. The van der Waals surface area contributed by atoms with Gasteiger partial charge >= 0.3 is 0 Å². The topological polar surface area (TPSA) is 67.3 Å². The van der Waals surface area contributed by atoms with Gasteiger partial charge in [-0.25, -0.2) is 4.98 Å². The molecule has 0 aliphatic rings. The molecule has 1 heterocycles. The molecule has 2 N–H and O–H groups in total. The van der Waals surface area contributed by atoms with Gasteiger partial charge in [0.05, 0.1) is 19.3 Å². The van der Waals surface area contributed by atoms with Crippen LogP contribution in [0.1, 0.15) is 32.9 Å². The summed E-state index contributed by atoms with van der Waals surface area (Å²) in [4.78, 5) is 8.58. The SMILES string of the molecule is CCCOc1cc(C)nc(N[C@H](CO)C(C)C)n1. The van der Waals surface area contributed by atoms with Gasteiger partial charge in [0.15, 0.2) is 0 Å². The number of nitrogens with zero attached hydrogens (tertiary/aromatic N) is 2. The molecule has 5 heteroatoms. The predicted octanol–water partition coefficient (Wildman–Crippen LogP) is 2.00. The van der Waals surface area contributed by atoms with Crippen LogP contribution in [0.4, 0.5) is 5.95 Å². The van der Waals surface area contributed by atoms with Crippen molar-refractivity contribution in [1.29, 1.82) is 0 Å². The minimum Gasteiger partial charge on any atom is -0.478 e. The van der Waals surface area contributed by atoms with Crippen molar-refractivity contribution in [2.75, 3.05) is 18.5 Å². The third-order valence-electron chi connectivity index (χ3n) is 2.60. The van der Waals surface area contributed by atoms with E-state index in [1.807, 2.05) is 33.8 Å². The first-order chi connectivity index (χ1) is 8.56. The molecule has 0 aliphatic carbocycles. The highest BCUT2D eigenvalue weighted by molar-refractivity contribution is 5.31. The normalized spacial score (nSPS) is 12.6. The summed E-state index contributed by atoms with van der Waals surface area (Å²) in [5.74, 6) is 1.39. The van der Waals surface area contributed by atoms with E-state index >= 15 is 0 Å². The Morgan fingerprint density at radius 3 is 2.67 bits per heavy atom. The van der Waals surface area contributed by atoms with Crippen molar-refractivity contribution < 1.29 is 9.84 Å². The zero-order valence-corrected chi connectivity index (χ0v) is 11.6. The number of aryl methyl sites for hydroxylation is 1. The highest BCUT2D eigenvalue weighted by Crippen LogP contribution is 2.14. The van der Waals surface area contributed by atoms with Crippen LogP contribution >= 0.6 is 0 Å². The molecule has 1 aromatic heterocycles. The van der Waals surface area contributed by atoms with Crippen LogP contribution in [0.15, 0.2) is 6.07 Å². The molecule has 0 unspecified atom stereocenters. The van der Waals surface area contributed by atoms with Crippen molar-refractivity contribution in [2.24, 2.45) is 5.92 Å². The minimum atomic E-state index is -0.0502.